The molecule has 0 amide bonds. The molecule has 0 aromatic heterocycles. The second kappa shape index (κ2) is 6.74. The van der Waals surface area contributed by atoms with Crippen LogP contribution in [0.4, 0.5) is 5.69 Å². The van der Waals surface area contributed by atoms with Gasteiger partial charge in [-0.05, 0) is 35.9 Å². The number of carbonyl (C=O) groups is 2. The van der Waals surface area contributed by atoms with Gasteiger partial charge in [-0.2, -0.15) is 0 Å². The lowest BCUT2D eigenvalue weighted by atomic mass is 9.83. The average molecular weight is 444 g/mol. The highest BCUT2D eigenvalue weighted by molar-refractivity contribution is 7.91. The van der Waals surface area contributed by atoms with Gasteiger partial charge in [-0.25, -0.2) is 8.42 Å². The molecule has 2 heterocycles. The van der Waals surface area contributed by atoms with Gasteiger partial charge in [-0.15, -0.1) is 0 Å². The molecule has 0 bridgehead atoms. The van der Waals surface area contributed by atoms with Crippen LogP contribution in [-0.2, 0) is 15.3 Å². The fourth-order valence-corrected chi connectivity index (χ4v) is 6.38. The Bertz CT molecular complexity index is 1460. The molecule has 2 aliphatic heterocycles. The Morgan fingerprint density at radius 2 is 1.56 bits per heavy atom. The fraction of sp³-hybridized carbons (Fsp3) is 0.154. The highest BCUT2D eigenvalue weighted by atomic mass is 32.2. The normalized spacial score (nSPS) is 18.8. The first-order valence-electron chi connectivity index (χ1n) is 10.3. The van der Waals surface area contributed by atoms with Crippen LogP contribution in [0, 0.1) is 0 Å². The summed E-state index contributed by atoms with van der Waals surface area (Å²) in [5, 5.41) is 0. The zero-order valence-electron chi connectivity index (χ0n) is 17.9. The van der Waals surface area contributed by atoms with E-state index in [1.54, 1.807) is 18.2 Å². The van der Waals surface area contributed by atoms with Gasteiger partial charge in [0.05, 0.1) is 9.79 Å². The number of benzene rings is 3. The van der Waals surface area contributed by atoms with Gasteiger partial charge < -0.3 is 4.90 Å². The molecule has 2 aliphatic rings. The number of likely N-dealkylation sites (N-methyl/N-ethyl adjacent to an activating group) is 1. The second-order valence-corrected chi connectivity index (χ2v) is 10.5. The molecule has 5 rings (SSSR count). The standard InChI is InChI=1S/C26H21NO4S/c1-26(2)19-9-5-6-10-20(19)27(3)24(26)15-21(28)16-12-13-18-23(14-16)32(30,31)22-11-7-4-8-17(22)25(18)29/h4-15H,1-3H3/b24-15-. The third-order valence-electron chi connectivity index (χ3n) is 6.43. The topological polar surface area (TPSA) is 71.5 Å². The monoisotopic (exact) mass is 443 g/mol. The summed E-state index contributed by atoms with van der Waals surface area (Å²) >= 11 is 0. The zero-order valence-corrected chi connectivity index (χ0v) is 18.7. The van der Waals surface area contributed by atoms with Crippen LogP contribution in [0.25, 0.3) is 0 Å². The molecule has 0 spiro atoms. The van der Waals surface area contributed by atoms with Crippen LogP contribution in [0.1, 0.15) is 45.7 Å². The second-order valence-electron chi connectivity index (χ2n) is 8.63. The van der Waals surface area contributed by atoms with Crippen molar-refractivity contribution >= 4 is 27.1 Å². The van der Waals surface area contributed by atoms with Crippen molar-refractivity contribution in [3.63, 3.8) is 0 Å². The van der Waals surface area contributed by atoms with E-state index >= 15 is 0 Å². The molecule has 0 saturated carbocycles. The minimum atomic E-state index is -3.90. The summed E-state index contributed by atoms with van der Waals surface area (Å²) in [4.78, 5) is 27.9. The number of allylic oxidation sites excluding steroid dienone is 2. The number of hydrogen-bond acceptors (Lipinski definition) is 5. The average Bonchev–Trinajstić information content (AvgIpc) is 2.98. The number of sulfone groups is 1. The van der Waals surface area contributed by atoms with Crippen molar-refractivity contribution in [2.24, 2.45) is 0 Å². The number of anilines is 1. The molecule has 160 valence electrons. The first kappa shape index (κ1) is 20.4. The lowest BCUT2D eigenvalue weighted by molar-refractivity contribution is 0.102. The number of rotatable bonds is 2. The quantitative estimate of drug-likeness (QED) is 0.336. The molecule has 0 fully saturated rings. The van der Waals surface area contributed by atoms with Gasteiger partial charge in [0.1, 0.15) is 0 Å². The Labute approximate surface area is 186 Å². The van der Waals surface area contributed by atoms with E-state index in [0.717, 1.165) is 16.9 Å². The number of para-hydroxylation sites is 1. The molecule has 0 aliphatic carbocycles. The van der Waals surface area contributed by atoms with E-state index < -0.39 is 9.84 Å². The largest absolute Gasteiger partial charge is 0.347 e. The van der Waals surface area contributed by atoms with Gasteiger partial charge in [0.15, 0.2) is 11.6 Å². The van der Waals surface area contributed by atoms with Gasteiger partial charge in [0.2, 0.25) is 9.84 Å². The van der Waals surface area contributed by atoms with E-state index in [4.69, 9.17) is 0 Å². The molecule has 0 saturated heterocycles. The molecule has 6 heteroatoms. The van der Waals surface area contributed by atoms with Crippen LogP contribution in [0.2, 0.25) is 0 Å². The van der Waals surface area contributed by atoms with Crippen LogP contribution < -0.4 is 4.90 Å². The van der Waals surface area contributed by atoms with E-state index in [-0.39, 0.29) is 43.5 Å². The van der Waals surface area contributed by atoms with Crippen molar-refractivity contribution < 1.29 is 18.0 Å². The highest BCUT2D eigenvalue weighted by Gasteiger charge is 2.39. The molecule has 3 aromatic carbocycles. The Balaban J connectivity index is 1.59. The van der Waals surface area contributed by atoms with Crippen molar-refractivity contribution in [2.75, 3.05) is 11.9 Å². The van der Waals surface area contributed by atoms with Gasteiger partial charge in [-0.1, -0.05) is 50.2 Å². The van der Waals surface area contributed by atoms with Crippen LogP contribution >= 0.6 is 0 Å². The lowest BCUT2D eigenvalue weighted by Gasteiger charge is -2.24. The minimum Gasteiger partial charge on any atom is -0.347 e. The lowest BCUT2D eigenvalue weighted by Crippen LogP contribution is -2.24. The Morgan fingerprint density at radius 1 is 0.906 bits per heavy atom. The third-order valence-corrected chi connectivity index (χ3v) is 8.28. The van der Waals surface area contributed by atoms with Gasteiger partial charge >= 0.3 is 0 Å². The molecular weight excluding hydrogens is 422 g/mol. The van der Waals surface area contributed by atoms with Gasteiger partial charge in [0, 0.05) is 46.6 Å². The SMILES string of the molecule is CN1/C(=C\C(=O)c2ccc3c(c2)S(=O)(=O)c2ccccc2C3=O)C(C)(C)c2ccccc21. The van der Waals surface area contributed by atoms with Crippen molar-refractivity contribution in [3.05, 3.63) is 101 Å². The number of ketones is 2. The third kappa shape index (κ3) is 2.72. The highest BCUT2D eigenvalue weighted by Crippen LogP contribution is 2.46. The first-order chi connectivity index (χ1) is 15.1. The molecule has 0 N–H and O–H groups in total. The van der Waals surface area contributed by atoms with Crippen LogP contribution in [0.3, 0.4) is 0 Å². The van der Waals surface area contributed by atoms with Crippen molar-refractivity contribution in [1.82, 2.24) is 0 Å². The summed E-state index contributed by atoms with van der Waals surface area (Å²) in [6, 6.07) is 18.4. The summed E-state index contributed by atoms with van der Waals surface area (Å²) in [7, 11) is -1.98. The fourth-order valence-electron chi connectivity index (χ4n) is 4.70. The predicted molar refractivity (Wildman–Crippen MR) is 122 cm³/mol. The molecule has 0 atom stereocenters. The maximum atomic E-state index is 13.2. The summed E-state index contributed by atoms with van der Waals surface area (Å²) in [5.74, 6) is -0.660. The predicted octanol–water partition coefficient (Wildman–Crippen LogP) is 4.56. The van der Waals surface area contributed by atoms with Gasteiger partial charge in [0.25, 0.3) is 0 Å². The molecule has 0 radical (unpaired) electrons. The minimum absolute atomic E-state index is 0.0208. The Kier molecular flexibility index (Phi) is 4.30. The summed E-state index contributed by atoms with van der Waals surface area (Å²) < 4.78 is 26.4. The molecule has 3 aromatic rings. The summed E-state index contributed by atoms with van der Waals surface area (Å²) in [6.07, 6.45) is 1.56. The van der Waals surface area contributed by atoms with Crippen molar-refractivity contribution in [3.8, 4) is 0 Å². The number of fused-ring (bicyclic) bond motifs is 3. The van der Waals surface area contributed by atoms with E-state index in [1.165, 1.54) is 30.3 Å². The van der Waals surface area contributed by atoms with E-state index in [0.29, 0.717) is 0 Å². The molecule has 32 heavy (non-hydrogen) atoms. The molecule has 5 nitrogen and oxygen atoms in total. The van der Waals surface area contributed by atoms with E-state index in [1.807, 2.05) is 36.2 Å². The van der Waals surface area contributed by atoms with Crippen molar-refractivity contribution in [2.45, 2.75) is 29.1 Å². The number of carbonyl (C=O) groups excluding carboxylic acids is 2. The number of nitrogens with zero attached hydrogens (tertiary/aromatic N) is 1. The molecular formula is C26H21NO4S. The van der Waals surface area contributed by atoms with E-state index in [2.05, 4.69) is 13.8 Å². The van der Waals surface area contributed by atoms with Crippen LogP contribution in [-0.4, -0.2) is 27.0 Å². The first-order valence-corrected chi connectivity index (χ1v) is 11.7. The number of hydrogen-bond donors (Lipinski definition) is 0. The smallest absolute Gasteiger partial charge is 0.208 e. The zero-order chi connectivity index (χ0) is 22.8. The summed E-state index contributed by atoms with van der Waals surface area (Å²) in [6.45, 7) is 4.11. The Hall–Kier alpha value is -3.51. The van der Waals surface area contributed by atoms with E-state index in [9.17, 15) is 18.0 Å². The molecule has 0 unspecified atom stereocenters. The summed E-state index contributed by atoms with van der Waals surface area (Å²) in [5.41, 5.74) is 3.09. The van der Waals surface area contributed by atoms with Crippen LogP contribution in [0.5, 0.6) is 0 Å². The van der Waals surface area contributed by atoms with Crippen LogP contribution in [0.15, 0.2) is 88.3 Å². The maximum absolute atomic E-state index is 13.2. The Morgan fingerprint density at radius 3 is 2.31 bits per heavy atom. The van der Waals surface area contributed by atoms with Gasteiger partial charge in [-0.3, -0.25) is 9.59 Å². The van der Waals surface area contributed by atoms with Crippen molar-refractivity contribution in [1.29, 1.82) is 0 Å². The maximum Gasteiger partial charge on any atom is 0.208 e.